The van der Waals surface area contributed by atoms with Gasteiger partial charge in [-0.25, -0.2) is 4.79 Å². The highest BCUT2D eigenvalue weighted by atomic mass is 35.5. The Balaban J connectivity index is 0. The molecule has 0 heterocycles. The third-order valence-electron chi connectivity index (χ3n) is 1.08. The number of rotatable bonds is 4. The van der Waals surface area contributed by atoms with Gasteiger partial charge < -0.3 is 22.9 Å². The summed E-state index contributed by atoms with van der Waals surface area (Å²) in [4.78, 5) is 10.8. The van der Waals surface area contributed by atoms with Crippen LogP contribution in [-0.4, -0.2) is 24.5 Å². The van der Waals surface area contributed by atoms with Crippen LogP contribution < -0.4 is 18.1 Å². The fourth-order valence-corrected chi connectivity index (χ4v) is 0.773. The third kappa shape index (κ3) is 6.41. The van der Waals surface area contributed by atoms with Gasteiger partial charge in [0.1, 0.15) is 0 Å². The zero-order valence-electron chi connectivity index (χ0n) is 6.48. The minimum Gasteiger partial charge on any atom is -1.00 e. The molecule has 11 heavy (non-hydrogen) atoms. The maximum absolute atomic E-state index is 10.8. The number of quaternary nitrogens is 1. The molecule has 0 spiro atoms. The SMILES string of the molecule is CCOC(=O)C([NH3+])CCCl.[Cl-]. The van der Waals surface area contributed by atoms with Gasteiger partial charge in [0.15, 0.2) is 6.04 Å². The quantitative estimate of drug-likeness (QED) is 0.385. The van der Waals surface area contributed by atoms with Crippen LogP contribution in [0.1, 0.15) is 13.3 Å². The van der Waals surface area contributed by atoms with E-state index in [1.165, 1.54) is 0 Å². The molecule has 0 fully saturated rings. The second-order valence-corrected chi connectivity index (χ2v) is 2.30. The Morgan fingerprint density at radius 3 is 2.64 bits per heavy atom. The van der Waals surface area contributed by atoms with Crippen LogP contribution in [0.25, 0.3) is 0 Å². The number of carbonyl (C=O) groups excluding carboxylic acids is 1. The van der Waals surface area contributed by atoms with Crippen molar-refractivity contribution in [1.29, 1.82) is 0 Å². The van der Waals surface area contributed by atoms with Crippen molar-refractivity contribution in [2.24, 2.45) is 0 Å². The zero-order valence-corrected chi connectivity index (χ0v) is 7.99. The summed E-state index contributed by atoms with van der Waals surface area (Å²) in [5, 5.41) is 0. The van der Waals surface area contributed by atoms with Crippen LogP contribution in [0.2, 0.25) is 0 Å². The first-order chi connectivity index (χ1) is 4.72. The number of alkyl halides is 1. The lowest BCUT2D eigenvalue weighted by Crippen LogP contribution is -3.00. The summed E-state index contributed by atoms with van der Waals surface area (Å²) in [6, 6.07) is -0.308. The standard InChI is InChI=1S/C6H12ClNO2.ClH/c1-2-10-6(9)5(8)3-4-7;/h5H,2-4,8H2,1H3;1H. The van der Waals surface area contributed by atoms with Gasteiger partial charge in [0.05, 0.1) is 6.61 Å². The van der Waals surface area contributed by atoms with E-state index in [-0.39, 0.29) is 24.4 Å². The van der Waals surface area contributed by atoms with Gasteiger partial charge in [0.25, 0.3) is 0 Å². The Morgan fingerprint density at radius 2 is 2.27 bits per heavy atom. The van der Waals surface area contributed by atoms with E-state index < -0.39 is 0 Å². The van der Waals surface area contributed by atoms with Gasteiger partial charge in [-0.05, 0) is 6.92 Å². The van der Waals surface area contributed by atoms with Crippen molar-refractivity contribution in [3.63, 3.8) is 0 Å². The topological polar surface area (TPSA) is 53.9 Å². The number of hydrogen-bond acceptors (Lipinski definition) is 2. The van der Waals surface area contributed by atoms with Gasteiger partial charge in [-0.15, -0.1) is 11.6 Å². The smallest absolute Gasteiger partial charge is 0.364 e. The lowest BCUT2D eigenvalue weighted by atomic mass is 10.2. The average molecular weight is 202 g/mol. The molecule has 0 radical (unpaired) electrons. The van der Waals surface area contributed by atoms with E-state index in [1.807, 2.05) is 0 Å². The van der Waals surface area contributed by atoms with E-state index >= 15 is 0 Å². The van der Waals surface area contributed by atoms with Crippen molar-refractivity contribution < 1.29 is 27.7 Å². The molecular formula is C6H13Cl2NO2. The molecule has 0 bridgehead atoms. The Morgan fingerprint density at radius 1 is 1.73 bits per heavy atom. The van der Waals surface area contributed by atoms with Gasteiger partial charge in [-0.1, -0.05) is 0 Å². The second-order valence-electron chi connectivity index (χ2n) is 1.93. The Hall–Kier alpha value is 0.01000. The largest absolute Gasteiger partial charge is 1.00 e. The number of ether oxygens (including phenoxy) is 1. The summed E-state index contributed by atoms with van der Waals surface area (Å²) < 4.78 is 4.70. The molecule has 0 aliphatic carbocycles. The molecule has 0 aromatic rings. The molecule has 0 saturated carbocycles. The van der Waals surface area contributed by atoms with Crippen LogP contribution in [0.4, 0.5) is 0 Å². The molecule has 3 N–H and O–H groups in total. The molecule has 0 aliphatic heterocycles. The molecule has 0 saturated heterocycles. The molecule has 0 aromatic heterocycles. The summed E-state index contributed by atoms with van der Waals surface area (Å²) >= 11 is 5.39. The predicted molar refractivity (Wildman–Crippen MR) is 38.6 cm³/mol. The molecule has 0 amide bonds. The van der Waals surface area contributed by atoms with Gasteiger partial charge in [0, 0.05) is 12.3 Å². The lowest BCUT2D eigenvalue weighted by molar-refractivity contribution is -0.408. The van der Waals surface area contributed by atoms with Crippen LogP contribution in [0, 0.1) is 0 Å². The molecule has 0 aromatic carbocycles. The minimum atomic E-state index is -0.308. The summed E-state index contributed by atoms with van der Waals surface area (Å²) in [6.07, 6.45) is 0.584. The van der Waals surface area contributed by atoms with E-state index in [4.69, 9.17) is 16.3 Å². The Labute approximate surface area is 77.6 Å². The first-order valence-electron chi connectivity index (χ1n) is 3.28. The molecule has 3 nitrogen and oxygen atoms in total. The van der Waals surface area contributed by atoms with Crippen LogP contribution in [-0.2, 0) is 9.53 Å². The van der Waals surface area contributed by atoms with E-state index in [9.17, 15) is 4.79 Å². The summed E-state index contributed by atoms with van der Waals surface area (Å²) in [7, 11) is 0. The zero-order chi connectivity index (χ0) is 7.98. The van der Waals surface area contributed by atoms with Gasteiger partial charge in [-0.3, -0.25) is 0 Å². The molecule has 0 rings (SSSR count). The first kappa shape index (κ1) is 13.6. The van der Waals surface area contributed by atoms with Crippen LogP contribution in [0.5, 0.6) is 0 Å². The van der Waals surface area contributed by atoms with Crippen molar-refractivity contribution in [3.8, 4) is 0 Å². The predicted octanol–water partition coefficient (Wildman–Crippen LogP) is -3.21. The molecule has 5 heteroatoms. The number of hydrogen-bond donors (Lipinski definition) is 1. The van der Waals surface area contributed by atoms with E-state index in [2.05, 4.69) is 5.73 Å². The number of halogens is 2. The molecular weight excluding hydrogens is 189 g/mol. The monoisotopic (exact) mass is 201 g/mol. The maximum Gasteiger partial charge on any atom is 0.364 e. The maximum atomic E-state index is 10.8. The molecule has 0 aliphatic rings. The van der Waals surface area contributed by atoms with Gasteiger partial charge >= 0.3 is 5.97 Å². The minimum absolute atomic E-state index is 0. The highest BCUT2D eigenvalue weighted by Gasteiger charge is 2.16. The van der Waals surface area contributed by atoms with Crippen molar-refractivity contribution in [3.05, 3.63) is 0 Å². The molecule has 1 unspecified atom stereocenters. The summed E-state index contributed by atoms with van der Waals surface area (Å²) in [6.45, 7) is 2.18. The lowest BCUT2D eigenvalue weighted by Gasteiger charge is -2.04. The van der Waals surface area contributed by atoms with Crippen molar-refractivity contribution in [2.45, 2.75) is 19.4 Å². The van der Waals surface area contributed by atoms with E-state index in [0.717, 1.165) is 0 Å². The Kier molecular flexibility index (Phi) is 10.0. The van der Waals surface area contributed by atoms with E-state index in [1.54, 1.807) is 6.92 Å². The van der Waals surface area contributed by atoms with Gasteiger partial charge in [-0.2, -0.15) is 0 Å². The first-order valence-corrected chi connectivity index (χ1v) is 3.81. The molecule has 68 valence electrons. The van der Waals surface area contributed by atoms with Crippen molar-refractivity contribution >= 4 is 17.6 Å². The highest BCUT2D eigenvalue weighted by Crippen LogP contribution is 1.91. The fraction of sp³-hybridized carbons (Fsp3) is 0.833. The van der Waals surface area contributed by atoms with Crippen molar-refractivity contribution in [1.82, 2.24) is 0 Å². The Bertz CT molecular complexity index is 111. The number of carbonyl (C=O) groups is 1. The fourth-order valence-electron chi connectivity index (χ4n) is 0.510. The van der Waals surface area contributed by atoms with E-state index in [0.29, 0.717) is 18.9 Å². The van der Waals surface area contributed by atoms with Crippen LogP contribution in [0.3, 0.4) is 0 Å². The van der Waals surface area contributed by atoms with Crippen LogP contribution >= 0.6 is 11.6 Å². The summed E-state index contributed by atoms with van der Waals surface area (Å²) in [5.74, 6) is 0.190. The van der Waals surface area contributed by atoms with Gasteiger partial charge in [0.2, 0.25) is 0 Å². The summed E-state index contributed by atoms with van der Waals surface area (Å²) in [5.41, 5.74) is 3.59. The number of esters is 1. The highest BCUT2D eigenvalue weighted by molar-refractivity contribution is 6.18. The van der Waals surface area contributed by atoms with Crippen molar-refractivity contribution in [2.75, 3.05) is 12.5 Å². The molecule has 1 atom stereocenters. The normalized spacial score (nSPS) is 11.5. The third-order valence-corrected chi connectivity index (χ3v) is 1.30. The van der Waals surface area contributed by atoms with Crippen LogP contribution in [0.15, 0.2) is 0 Å². The second kappa shape index (κ2) is 8.11. The average Bonchev–Trinajstić information content (AvgIpc) is 1.89.